The predicted molar refractivity (Wildman–Crippen MR) is 77.7 cm³/mol. The first-order valence-corrected chi connectivity index (χ1v) is 7.20. The third-order valence-electron chi connectivity index (χ3n) is 3.02. The van der Waals surface area contributed by atoms with Crippen molar-refractivity contribution >= 4 is 5.82 Å². The summed E-state index contributed by atoms with van der Waals surface area (Å²) in [5, 5.41) is 3.31. The van der Waals surface area contributed by atoms with Crippen molar-refractivity contribution in [3.05, 3.63) is 24.5 Å². The number of nitrogens with zero attached hydrogens (tertiary/aromatic N) is 2. The number of rotatable bonds is 9. The summed E-state index contributed by atoms with van der Waals surface area (Å²) in [6.07, 6.45) is 7.34. The molecule has 0 aromatic carbocycles. The predicted octanol–water partition coefficient (Wildman–Crippen LogP) is 3.52. The average Bonchev–Trinajstić information content (AvgIpc) is 3.26. The molecule has 0 atom stereocenters. The summed E-state index contributed by atoms with van der Waals surface area (Å²) in [5.41, 5.74) is 0. The first-order valence-electron chi connectivity index (χ1n) is 7.20. The Morgan fingerprint density at radius 2 is 2.32 bits per heavy atom. The zero-order chi connectivity index (χ0) is 13.5. The Morgan fingerprint density at radius 3 is 3.00 bits per heavy atom. The van der Waals surface area contributed by atoms with Crippen LogP contribution in [-0.2, 0) is 0 Å². The van der Waals surface area contributed by atoms with Crippen LogP contribution in [0.15, 0.2) is 18.7 Å². The zero-order valence-electron chi connectivity index (χ0n) is 11.7. The molecule has 0 radical (unpaired) electrons. The summed E-state index contributed by atoms with van der Waals surface area (Å²) < 4.78 is 5.71. The van der Waals surface area contributed by atoms with E-state index in [-0.39, 0.29) is 0 Å². The maximum absolute atomic E-state index is 5.71. The third-order valence-corrected chi connectivity index (χ3v) is 3.02. The van der Waals surface area contributed by atoms with Crippen LogP contribution in [0.25, 0.3) is 0 Å². The van der Waals surface area contributed by atoms with Crippen LogP contribution in [0.5, 0.6) is 5.88 Å². The fraction of sp³-hybridized carbons (Fsp3) is 0.600. The van der Waals surface area contributed by atoms with Crippen molar-refractivity contribution in [2.45, 2.75) is 44.9 Å². The highest BCUT2D eigenvalue weighted by Crippen LogP contribution is 2.39. The molecule has 0 spiro atoms. The van der Waals surface area contributed by atoms with Gasteiger partial charge in [0.25, 0.3) is 0 Å². The summed E-state index contributed by atoms with van der Waals surface area (Å²) >= 11 is 0. The molecular formula is C15H23N3O. The van der Waals surface area contributed by atoms with E-state index in [1.54, 1.807) is 0 Å². The Morgan fingerprint density at radius 1 is 1.47 bits per heavy atom. The molecule has 4 heteroatoms. The lowest BCUT2D eigenvalue weighted by Gasteiger charge is -2.10. The van der Waals surface area contributed by atoms with E-state index in [0.29, 0.717) is 18.4 Å². The molecule has 1 aliphatic carbocycles. The van der Waals surface area contributed by atoms with E-state index in [9.17, 15) is 0 Å². The second kappa shape index (κ2) is 7.12. The largest absolute Gasteiger partial charge is 0.478 e. The highest BCUT2D eigenvalue weighted by molar-refractivity contribution is 5.39. The Hall–Kier alpha value is -1.58. The van der Waals surface area contributed by atoms with Crippen molar-refractivity contribution in [1.82, 2.24) is 9.97 Å². The minimum Gasteiger partial charge on any atom is -0.478 e. The molecule has 1 aromatic heterocycles. The fourth-order valence-corrected chi connectivity index (χ4v) is 1.79. The molecule has 2 rings (SSSR count). The molecule has 0 aliphatic heterocycles. The lowest BCUT2D eigenvalue weighted by atomic mass is 10.3. The molecular weight excluding hydrogens is 238 g/mol. The van der Waals surface area contributed by atoms with Gasteiger partial charge in [-0.2, -0.15) is 4.98 Å². The smallest absolute Gasteiger partial charge is 0.218 e. The third kappa shape index (κ3) is 4.54. The summed E-state index contributed by atoms with van der Waals surface area (Å²) in [4.78, 5) is 9.06. The molecule has 104 valence electrons. The van der Waals surface area contributed by atoms with E-state index in [1.165, 1.54) is 12.8 Å². The number of aromatic nitrogens is 2. The number of anilines is 1. The van der Waals surface area contributed by atoms with Gasteiger partial charge >= 0.3 is 0 Å². The SMILES string of the molecule is C=CCCCOc1cc(NCCC)nc(C2CC2)n1. The van der Waals surface area contributed by atoms with Gasteiger partial charge in [-0.1, -0.05) is 13.0 Å². The standard InChI is InChI=1S/C15H23N3O/c1-3-5-6-10-19-14-11-13(16-9-4-2)17-15(18-14)12-7-8-12/h3,11-12H,1,4-10H2,2H3,(H,16,17,18). The molecule has 1 saturated carbocycles. The minimum atomic E-state index is 0.541. The van der Waals surface area contributed by atoms with Crippen LogP contribution in [0.3, 0.4) is 0 Å². The molecule has 1 N–H and O–H groups in total. The fourth-order valence-electron chi connectivity index (χ4n) is 1.79. The summed E-state index contributed by atoms with van der Waals surface area (Å²) in [6, 6.07) is 1.90. The second-order valence-corrected chi connectivity index (χ2v) is 4.93. The van der Waals surface area contributed by atoms with Crippen LogP contribution in [0.1, 0.15) is 50.8 Å². The van der Waals surface area contributed by atoms with Crippen LogP contribution in [0.2, 0.25) is 0 Å². The summed E-state index contributed by atoms with van der Waals surface area (Å²) in [6.45, 7) is 7.46. The number of unbranched alkanes of at least 4 members (excludes halogenated alkanes) is 1. The van der Waals surface area contributed by atoms with Gasteiger partial charge in [-0.05, 0) is 32.1 Å². The second-order valence-electron chi connectivity index (χ2n) is 4.93. The maximum atomic E-state index is 5.71. The van der Waals surface area contributed by atoms with Gasteiger partial charge < -0.3 is 10.1 Å². The number of ether oxygens (including phenoxy) is 1. The zero-order valence-corrected chi connectivity index (χ0v) is 11.7. The lowest BCUT2D eigenvalue weighted by molar-refractivity contribution is 0.299. The van der Waals surface area contributed by atoms with Crippen molar-refractivity contribution in [3.8, 4) is 5.88 Å². The van der Waals surface area contributed by atoms with Gasteiger partial charge in [0, 0.05) is 18.5 Å². The molecule has 1 aliphatic rings. The summed E-state index contributed by atoms with van der Waals surface area (Å²) in [7, 11) is 0. The lowest BCUT2D eigenvalue weighted by Crippen LogP contribution is -2.07. The van der Waals surface area contributed by atoms with Crippen LogP contribution >= 0.6 is 0 Å². The molecule has 1 heterocycles. The van der Waals surface area contributed by atoms with E-state index in [0.717, 1.165) is 37.4 Å². The van der Waals surface area contributed by atoms with Crippen molar-refractivity contribution < 1.29 is 4.74 Å². The van der Waals surface area contributed by atoms with Gasteiger partial charge in [0.2, 0.25) is 5.88 Å². The molecule has 0 bridgehead atoms. The van der Waals surface area contributed by atoms with E-state index >= 15 is 0 Å². The van der Waals surface area contributed by atoms with E-state index in [2.05, 4.69) is 28.8 Å². The highest BCUT2D eigenvalue weighted by Gasteiger charge is 2.27. The minimum absolute atomic E-state index is 0.541. The Bertz CT molecular complexity index is 416. The van der Waals surface area contributed by atoms with Crippen LogP contribution < -0.4 is 10.1 Å². The van der Waals surface area contributed by atoms with Gasteiger partial charge in [0.1, 0.15) is 11.6 Å². The molecule has 0 unspecified atom stereocenters. The highest BCUT2D eigenvalue weighted by atomic mass is 16.5. The molecule has 4 nitrogen and oxygen atoms in total. The molecule has 19 heavy (non-hydrogen) atoms. The number of hydrogen-bond donors (Lipinski definition) is 1. The number of hydrogen-bond acceptors (Lipinski definition) is 4. The van der Waals surface area contributed by atoms with Gasteiger partial charge in [-0.3, -0.25) is 0 Å². The van der Waals surface area contributed by atoms with Crippen molar-refractivity contribution in [2.24, 2.45) is 0 Å². The van der Waals surface area contributed by atoms with E-state index < -0.39 is 0 Å². The quantitative estimate of drug-likeness (QED) is 0.546. The first-order chi connectivity index (χ1) is 9.33. The van der Waals surface area contributed by atoms with Crippen molar-refractivity contribution in [2.75, 3.05) is 18.5 Å². The van der Waals surface area contributed by atoms with Crippen LogP contribution in [-0.4, -0.2) is 23.1 Å². The summed E-state index contributed by atoms with van der Waals surface area (Å²) in [5.74, 6) is 3.05. The van der Waals surface area contributed by atoms with Crippen LogP contribution in [0, 0.1) is 0 Å². The van der Waals surface area contributed by atoms with Gasteiger partial charge in [0.15, 0.2) is 0 Å². The Balaban J connectivity index is 1.98. The maximum Gasteiger partial charge on any atom is 0.218 e. The molecule has 1 aromatic rings. The van der Waals surface area contributed by atoms with Crippen molar-refractivity contribution in [3.63, 3.8) is 0 Å². The number of allylic oxidation sites excluding steroid dienone is 1. The molecule has 0 saturated heterocycles. The van der Waals surface area contributed by atoms with Gasteiger partial charge in [-0.25, -0.2) is 4.98 Å². The average molecular weight is 261 g/mol. The van der Waals surface area contributed by atoms with E-state index in [4.69, 9.17) is 4.74 Å². The molecule has 0 amide bonds. The van der Waals surface area contributed by atoms with Crippen LogP contribution in [0.4, 0.5) is 5.82 Å². The normalized spacial score (nSPS) is 14.2. The first kappa shape index (κ1) is 13.8. The number of nitrogens with one attached hydrogen (secondary N) is 1. The molecule has 1 fully saturated rings. The topological polar surface area (TPSA) is 47.0 Å². The monoisotopic (exact) mass is 261 g/mol. The Labute approximate surface area is 115 Å². The van der Waals surface area contributed by atoms with Gasteiger partial charge in [-0.15, -0.1) is 6.58 Å². The van der Waals surface area contributed by atoms with Gasteiger partial charge in [0.05, 0.1) is 6.61 Å². The van der Waals surface area contributed by atoms with Crippen molar-refractivity contribution in [1.29, 1.82) is 0 Å². The Kier molecular flexibility index (Phi) is 5.19. The van der Waals surface area contributed by atoms with E-state index in [1.807, 2.05) is 12.1 Å².